The minimum absolute atomic E-state index is 0.283. The van der Waals surface area contributed by atoms with Gasteiger partial charge in [-0.05, 0) is 18.6 Å². The van der Waals surface area contributed by atoms with E-state index in [0.717, 1.165) is 16.9 Å². The molecule has 5 nitrogen and oxygen atoms in total. The lowest BCUT2D eigenvalue weighted by atomic mass is 10.1. The molecule has 0 fully saturated rings. The summed E-state index contributed by atoms with van der Waals surface area (Å²) < 4.78 is 16.1. The van der Waals surface area contributed by atoms with Crippen LogP contribution in [-0.4, -0.2) is 18.4 Å². The number of nitrogens with zero attached hydrogens (tertiary/aromatic N) is 1. The van der Waals surface area contributed by atoms with Gasteiger partial charge >= 0.3 is 0 Å². The third-order valence-corrected chi connectivity index (χ3v) is 2.69. The Bertz CT molecular complexity index is 563. The highest BCUT2D eigenvalue weighted by Crippen LogP contribution is 2.41. The summed E-state index contributed by atoms with van der Waals surface area (Å²) in [4.78, 5) is 0. The maximum atomic E-state index is 5.65. The summed E-state index contributed by atoms with van der Waals surface area (Å²) in [7, 11) is 0. The predicted molar refractivity (Wildman–Crippen MR) is 62.1 cm³/mol. The van der Waals surface area contributed by atoms with Gasteiger partial charge in [-0.15, -0.1) is 0 Å². The van der Waals surface area contributed by atoms with Crippen LogP contribution in [0.3, 0.4) is 0 Å². The third-order valence-electron chi connectivity index (χ3n) is 2.69. The van der Waals surface area contributed by atoms with Gasteiger partial charge in [0.05, 0.1) is 0 Å². The van der Waals surface area contributed by atoms with Gasteiger partial charge in [0, 0.05) is 11.6 Å². The fourth-order valence-electron chi connectivity index (χ4n) is 1.89. The van der Waals surface area contributed by atoms with Gasteiger partial charge in [-0.1, -0.05) is 11.2 Å². The number of fused-ring (bicyclic) bond motifs is 1. The molecule has 0 atom stereocenters. The van der Waals surface area contributed by atoms with Crippen LogP contribution in [0.4, 0.5) is 5.88 Å². The van der Waals surface area contributed by atoms with E-state index in [9.17, 15) is 0 Å². The Hall–Kier alpha value is -2.17. The van der Waals surface area contributed by atoms with E-state index in [1.807, 2.05) is 19.1 Å². The lowest BCUT2D eigenvalue weighted by molar-refractivity contribution is 0.171. The first kappa shape index (κ1) is 10.0. The molecule has 5 heteroatoms. The monoisotopic (exact) mass is 232 g/mol. The van der Waals surface area contributed by atoms with Gasteiger partial charge in [-0.25, -0.2) is 0 Å². The number of nitrogens with two attached hydrogens (primary N) is 1. The number of nitrogen functional groups attached to an aromatic ring is 1. The van der Waals surface area contributed by atoms with Crippen molar-refractivity contribution < 1.29 is 14.0 Å². The zero-order valence-electron chi connectivity index (χ0n) is 9.40. The number of ether oxygens (including phenoxy) is 2. The van der Waals surface area contributed by atoms with E-state index in [4.69, 9.17) is 19.7 Å². The molecule has 0 radical (unpaired) electrons. The summed E-state index contributed by atoms with van der Waals surface area (Å²) in [5, 5.41) is 3.89. The maximum Gasteiger partial charge on any atom is 0.222 e. The van der Waals surface area contributed by atoms with Crippen molar-refractivity contribution in [3.8, 4) is 22.8 Å². The van der Waals surface area contributed by atoms with E-state index in [1.54, 1.807) is 6.07 Å². The lowest BCUT2D eigenvalue weighted by Gasteiger charge is -2.21. The van der Waals surface area contributed by atoms with Crippen LogP contribution in [-0.2, 0) is 0 Å². The van der Waals surface area contributed by atoms with E-state index in [-0.39, 0.29) is 5.88 Å². The summed E-state index contributed by atoms with van der Waals surface area (Å²) in [5.74, 6) is 1.77. The van der Waals surface area contributed by atoms with Crippen molar-refractivity contribution in [2.24, 2.45) is 0 Å². The molecule has 2 N–H and O–H groups in total. The van der Waals surface area contributed by atoms with Crippen molar-refractivity contribution >= 4 is 5.88 Å². The molecule has 0 bridgehead atoms. The zero-order valence-corrected chi connectivity index (χ0v) is 9.40. The summed E-state index contributed by atoms with van der Waals surface area (Å²) in [6.45, 7) is 3.09. The number of hydrogen-bond acceptors (Lipinski definition) is 5. The largest absolute Gasteiger partial charge is 0.486 e. The molecule has 1 aliphatic rings. The van der Waals surface area contributed by atoms with Crippen LogP contribution >= 0.6 is 0 Å². The minimum atomic E-state index is 0.283. The Labute approximate surface area is 98.1 Å². The average molecular weight is 232 g/mol. The molecule has 1 aromatic heterocycles. The van der Waals surface area contributed by atoms with Gasteiger partial charge < -0.3 is 19.7 Å². The van der Waals surface area contributed by atoms with Crippen LogP contribution in [0.25, 0.3) is 11.3 Å². The smallest absolute Gasteiger partial charge is 0.222 e. The van der Waals surface area contributed by atoms with Gasteiger partial charge in [0.2, 0.25) is 5.88 Å². The second-order valence-electron chi connectivity index (χ2n) is 3.90. The average Bonchev–Trinajstić information content (AvgIpc) is 2.77. The summed E-state index contributed by atoms with van der Waals surface area (Å²) in [6, 6.07) is 5.57. The van der Waals surface area contributed by atoms with Gasteiger partial charge in [0.1, 0.15) is 18.9 Å². The Morgan fingerprint density at radius 1 is 1.18 bits per heavy atom. The first-order valence-electron chi connectivity index (χ1n) is 5.37. The summed E-state index contributed by atoms with van der Waals surface area (Å²) in [5.41, 5.74) is 8.06. The van der Waals surface area contributed by atoms with Gasteiger partial charge in [-0.2, -0.15) is 0 Å². The molecular formula is C12H12N2O3. The van der Waals surface area contributed by atoms with Crippen molar-refractivity contribution in [1.82, 2.24) is 5.16 Å². The topological polar surface area (TPSA) is 70.5 Å². The van der Waals surface area contributed by atoms with Crippen LogP contribution in [0.15, 0.2) is 22.7 Å². The molecule has 3 rings (SSSR count). The molecule has 0 spiro atoms. The molecular weight excluding hydrogens is 220 g/mol. The highest BCUT2D eigenvalue weighted by atomic mass is 16.6. The molecule has 1 aromatic carbocycles. The number of anilines is 1. The molecule has 2 aromatic rings. The van der Waals surface area contributed by atoms with Crippen LogP contribution < -0.4 is 15.2 Å². The second-order valence-corrected chi connectivity index (χ2v) is 3.90. The van der Waals surface area contributed by atoms with Crippen molar-refractivity contribution in [1.29, 1.82) is 0 Å². The molecule has 17 heavy (non-hydrogen) atoms. The Balaban J connectivity index is 2.17. The molecule has 88 valence electrons. The molecule has 0 saturated carbocycles. The minimum Gasteiger partial charge on any atom is -0.486 e. The van der Waals surface area contributed by atoms with Crippen molar-refractivity contribution in [2.45, 2.75) is 6.92 Å². The Morgan fingerprint density at radius 3 is 2.65 bits per heavy atom. The van der Waals surface area contributed by atoms with E-state index >= 15 is 0 Å². The van der Waals surface area contributed by atoms with E-state index in [2.05, 4.69) is 5.16 Å². The van der Waals surface area contributed by atoms with E-state index in [1.165, 1.54) is 0 Å². The van der Waals surface area contributed by atoms with Crippen molar-refractivity contribution in [2.75, 3.05) is 18.9 Å². The van der Waals surface area contributed by atoms with Crippen LogP contribution in [0.1, 0.15) is 5.56 Å². The van der Waals surface area contributed by atoms with Crippen LogP contribution in [0.2, 0.25) is 0 Å². The number of aromatic nitrogens is 1. The Morgan fingerprint density at radius 2 is 1.94 bits per heavy atom. The maximum absolute atomic E-state index is 5.65. The molecule has 0 saturated heterocycles. The van der Waals surface area contributed by atoms with Gasteiger partial charge in [0.25, 0.3) is 0 Å². The quantitative estimate of drug-likeness (QED) is 0.814. The van der Waals surface area contributed by atoms with Gasteiger partial charge in [0.15, 0.2) is 11.5 Å². The molecule has 2 heterocycles. The van der Waals surface area contributed by atoms with E-state index in [0.29, 0.717) is 24.7 Å². The highest BCUT2D eigenvalue weighted by Gasteiger charge is 2.20. The van der Waals surface area contributed by atoms with Crippen molar-refractivity contribution in [3.63, 3.8) is 0 Å². The molecule has 0 amide bonds. The predicted octanol–water partition coefficient (Wildman–Crippen LogP) is 2.00. The van der Waals surface area contributed by atoms with Gasteiger partial charge in [-0.3, -0.25) is 0 Å². The van der Waals surface area contributed by atoms with E-state index < -0.39 is 0 Å². The van der Waals surface area contributed by atoms with Crippen LogP contribution in [0, 0.1) is 6.92 Å². The molecule has 0 unspecified atom stereocenters. The fourth-order valence-corrected chi connectivity index (χ4v) is 1.89. The third kappa shape index (κ3) is 1.60. The molecule has 0 aliphatic carbocycles. The number of rotatable bonds is 1. The second kappa shape index (κ2) is 3.69. The summed E-state index contributed by atoms with van der Waals surface area (Å²) >= 11 is 0. The fraction of sp³-hybridized carbons (Fsp3) is 0.250. The zero-order chi connectivity index (χ0) is 11.8. The van der Waals surface area contributed by atoms with Crippen LogP contribution in [0.5, 0.6) is 11.5 Å². The Kier molecular flexibility index (Phi) is 2.18. The highest BCUT2D eigenvalue weighted by molar-refractivity contribution is 5.73. The SMILES string of the molecule is Cc1ccc(-c2cc(N)on2)c2c1OCCO2. The first-order valence-corrected chi connectivity index (χ1v) is 5.37. The standard InChI is InChI=1S/C12H12N2O3/c1-7-2-3-8(9-6-10(13)17-14-9)12-11(7)15-4-5-16-12/h2-3,6H,4-5,13H2,1H3. The first-order chi connectivity index (χ1) is 8.25. The molecule has 1 aliphatic heterocycles. The number of hydrogen-bond donors (Lipinski definition) is 1. The van der Waals surface area contributed by atoms with Crippen molar-refractivity contribution in [3.05, 3.63) is 23.8 Å². The normalized spacial score (nSPS) is 13.7. The number of benzene rings is 1. The number of aryl methyl sites for hydroxylation is 1. The lowest BCUT2D eigenvalue weighted by Crippen LogP contribution is -2.16. The summed E-state index contributed by atoms with van der Waals surface area (Å²) in [6.07, 6.45) is 0.